The third-order valence-corrected chi connectivity index (χ3v) is 29.5. The first kappa shape index (κ1) is 72.4. The van der Waals surface area contributed by atoms with Gasteiger partial charge in [0.25, 0.3) is 0 Å². The summed E-state index contributed by atoms with van der Waals surface area (Å²) in [6.45, 7) is 48.5. The Labute approximate surface area is 664 Å². The van der Waals surface area contributed by atoms with Gasteiger partial charge in [0.15, 0.2) is 31.0 Å². The Morgan fingerprint density at radius 1 is 0.358 bits per heavy atom. The fraction of sp³-hybridized carbons (Fsp3) is 0.471. The van der Waals surface area contributed by atoms with E-state index in [0.29, 0.717) is 22.3 Å². The first-order valence-electron chi connectivity index (χ1n) is 43.2. The number of nitrogens with zero attached hydrogens (tertiary/aromatic N) is 5. The third kappa shape index (κ3) is 12.9. The van der Waals surface area contributed by atoms with E-state index in [0.717, 1.165) is 47.1 Å². The molecule has 568 valence electrons. The van der Waals surface area contributed by atoms with Gasteiger partial charge < -0.3 is 0 Å². The number of hydrogen-bond acceptors (Lipinski definition) is 0. The van der Waals surface area contributed by atoms with Crippen molar-refractivity contribution in [2.75, 3.05) is 0 Å². The Morgan fingerprint density at radius 3 is 1.37 bits per heavy atom. The lowest BCUT2D eigenvalue weighted by Gasteiger charge is -2.34. The summed E-state index contributed by atoms with van der Waals surface area (Å²) in [6.07, 6.45) is 22.7. The second-order valence-electron chi connectivity index (χ2n) is 39.5. The lowest BCUT2D eigenvalue weighted by molar-refractivity contribution is -0.661. The summed E-state index contributed by atoms with van der Waals surface area (Å²) in [6, 6.07) is 46.4. The number of pyridine rings is 5. The fourth-order valence-electron chi connectivity index (χ4n) is 23.3. The lowest BCUT2D eigenvalue weighted by Crippen LogP contribution is -2.36. The van der Waals surface area contributed by atoms with Gasteiger partial charge in [0.05, 0.1) is 0 Å². The molecule has 8 aliphatic carbocycles. The van der Waals surface area contributed by atoms with Crippen molar-refractivity contribution in [3.63, 3.8) is 0 Å². The van der Waals surface area contributed by atoms with E-state index in [-0.39, 0.29) is 32.5 Å². The molecule has 5 heterocycles. The quantitative estimate of drug-likeness (QED) is 0.153. The lowest BCUT2D eigenvalue weighted by atomic mass is 9.69. The van der Waals surface area contributed by atoms with Crippen LogP contribution in [0.1, 0.15) is 290 Å². The van der Waals surface area contributed by atoms with Crippen molar-refractivity contribution >= 4 is 0 Å². The van der Waals surface area contributed by atoms with Crippen LogP contribution in [-0.2, 0) is 67.7 Å². The predicted octanol–water partition coefficient (Wildman–Crippen LogP) is 23.3. The van der Waals surface area contributed by atoms with Gasteiger partial charge in [-0.05, 0) is 262 Å². The summed E-state index contributed by atoms with van der Waals surface area (Å²) in [5, 5.41) is 0. The normalized spacial score (nSPS) is 24.4. The Hall–Kier alpha value is -8.15. The molecule has 5 nitrogen and oxygen atoms in total. The van der Waals surface area contributed by atoms with E-state index >= 15 is 0 Å². The van der Waals surface area contributed by atoms with Gasteiger partial charge in [-0.15, -0.1) is 0 Å². The monoisotopic (exact) mass is 1460 g/mol. The van der Waals surface area contributed by atoms with Crippen LogP contribution in [0.4, 0.5) is 0 Å². The second kappa shape index (κ2) is 27.4. The van der Waals surface area contributed by atoms with E-state index in [4.69, 9.17) is 4.11 Å². The molecule has 3 fully saturated rings. The van der Waals surface area contributed by atoms with Crippen molar-refractivity contribution in [3.05, 3.63) is 264 Å². The first-order valence-corrected chi connectivity index (χ1v) is 41.2. The van der Waals surface area contributed by atoms with Crippen molar-refractivity contribution in [1.82, 2.24) is 0 Å². The Morgan fingerprint density at radius 2 is 0.798 bits per heavy atom. The summed E-state index contributed by atoms with van der Waals surface area (Å²) in [5.74, 6) is 1.80. The van der Waals surface area contributed by atoms with Gasteiger partial charge in [-0.3, -0.25) is 0 Å². The molecule has 109 heavy (non-hydrogen) atoms. The molecule has 0 spiro atoms. The van der Waals surface area contributed by atoms with Crippen LogP contribution in [-0.4, -0.2) is 0 Å². The van der Waals surface area contributed by atoms with Crippen LogP contribution in [0.3, 0.4) is 0 Å². The molecule has 0 N–H and O–H groups in total. The summed E-state index contributed by atoms with van der Waals surface area (Å²) in [5.41, 5.74) is 40.5. The molecule has 18 rings (SSSR count). The highest BCUT2D eigenvalue weighted by molar-refractivity contribution is 5.72. The molecule has 0 amide bonds. The largest absolute Gasteiger partial charge is 0.216 e. The van der Waals surface area contributed by atoms with Crippen LogP contribution in [0.25, 0.3) is 56.3 Å². The SMILES string of the molecule is Cc1ccc(-c2c3c(cc[n+]2C)C(C)(C)CC3(C)C)c(C)c1.Cc1ccc(-c2cc3c(c[n+]2C)C(C)(C)CC3(C)C)c(C)c1.Cc1ccc(-c2cc3c(c[n+]2C)C2(C)CCC3C2(C)C)c(C)c1.Cc1ccccc1-c1c2c(cc[n+]1C)C1CCC2C1.[2H]C([2H])([2H])c1ccc(-c2cc3c(c[n+]2C)C2(C)CCC3([2H])C2(C)C)c(C)c1. The van der Waals surface area contributed by atoms with Crippen LogP contribution in [0.15, 0.2) is 158 Å². The molecule has 5 aromatic heterocycles. The van der Waals surface area contributed by atoms with Gasteiger partial charge in [-0.2, -0.15) is 0 Å². The van der Waals surface area contributed by atoms with E-state index in [1.54, 1.807) is 34.4 Å². The van der Waals surface area contributed by atoms with Crippen LogP contribution < -0.4 is 22.8 Å². The number of aryl methyl sites for hydroxylation is 14. The van der Waals surface area contributed by atoms with Gasteiger partial charge >= 0.3 is 0 Å². The van der Waals surface area contributed by atoms with Gasteiger partial charge in [-0.1, -0.05) is 186 Å². The number of aromatic nitrogens is 5. The number of hydrogen-bond donors (Lipinski definition) is 0. The molecule has 6 bridgehead atoms. The molecule has 10 aromatic rings. The van der Waals surface area contributed by atoms with Gasteiger partial charge in [0.2, 0.25) is 28.5 Å². The van der Waals surface area contributed by atoms with Crippen molar-refractivity contribution in [3.8, 4) is 56.3 Å². The van der Waals surface area contributed by atoms with Gasteiger partial charge in [-0.25, -0.2) is 22.8 Å². The average molecular weight is 1460 g/mol. The zero-order valence-electron chi connectivity index (χ0n) is 75.8. The summed E-state index contributed by atoms with van der Waals surface area (Å²) in [4.78, 5) is 0. The number of benzene rings is 5. The second-order valence-corrected chi connectivity index (χ2v) is 39.5. The number of fused-ring (bicyclic) bond motifs is 17. The van der Waals surface area contributed by atoms with E-state index < -0.39 is 12.7 Å². The highest BCUT2D eigenvalue weighted by Crippen LogP contribution is 2.69. The maximum Gasteiger partial charge on any atom is 0.216 e. The average Bonchev–Trinajstić information content (AvgIpc) is 1.51. The van der Waals surface area contributed by atoms with Crippen LogP contribution >= 0.6 is 0 Å². The van der Waals surface area contributed by atoms with Crippen molar-refractivity contribution in [1.29, 1.82) is 0 Å². The molecular weight excluding hydrogens is 1320 g/mol. The summed E-state index contributed by atoms with van der Waals surface area (Å²) < 4.78 is 43.6. The van der Waals surface area contributed by atoms with Crippen LogP contribution in [0.5, 0.6) is 0 Å². The fourth-order valence-corrected chi connectivity index (χ4v) is 23.3. The maximum atomic E-state index is 9.30. The van der Waals surface area contributed by atoms with Crippen molar-refractivity contribution in [2.24, 2.45) is 46.1 Å². The van der Waals surface area contributed by atoms with Gasteiger partial charge in [0, 0.05) is 102 Å². The first-order chi connectivity index (χ1) is 52.6. The van der Waals surface area contributed by atoms with Crippen molar-refractivity contribution in [2.45, 2.75) is 273 Å². The molecular formula is C104H132N5+5. The van der Waals surface area contributed by atoms with Crippen molar-refractivity contribution < 1.29 is 28.3 Å². The van der Waals surface area contributed by atoms with Crippen LogP contribution in [0, 0.1) is 73.1 Å². The zero-order valence-corrected chi connectivity index (χ0v) is 71.8. The Kier molecular flexibility index (Phi) is 18.2. The molecule has 6 unspecified atom stereocenters. The molecule has 5 heteroatoms. The molecule has 6 atom stereocenters. The minimum absolute atomic E-state index is 0.0283. The molecule has 0 saturated heterocycles. The predicted molar refractivity (Wildman–Crippen MR) is 455 cm³/mol. The van der Waals surface area contributed by atoms with E-state index in [1.165, 1.54) is 157 Å². The van der Waals surface area contributed by atoms with Crippen LogP contribution in [0.2, 0.25) is 0 Å². The van der Waals surface area contributed by atoms with E-state index in [1.807, 2.05) is 20.0 Å². The molecule has 5 aromatic carbocycles. The van der Waals surface area contributed by atoms with E-state index in [2.05, 4.69) is 337 Å². The smallest absolute Gasteiger partial charge is 0.201 e. The molecule has 0 aliphatic heterocycles. The minimum Gasteiger partial charge on any atom is -0.201 e. The highest BCUT2D eigenvalue weighted by Gasteiger charge is 2.62. The Balaban J connectivity index is 0.000000118. The summed E-state index contributed by atoms with van der Waals surface area (Å²) >= 11 is 0. The third-order valence-electron chi connectivity index (χ3n) is 29.5. The topological polar surface area (TPSA) is 19.4 Å². The maximum absolute atomic E-state index is 9.30. The Bertz CT molecular complexity index is 5500. The summed E-state index contributed by atoms with van der Waals surface area (Å²) in [7, 11) is 10.8. The van der Waals surface area contributed by atoms with Gasteiger partial charge in [0.1, 0.15) is 35.2 Å². The van der Waals surface area contributed by atoms with E-state index in [9.17, 15) is 1.37 Å². The minimum atomic E-state index is -2.09. The zero-order chi connectivity index (χ0) is 82.1. The number of rotatable bonds is 5. The standard InChI is InChI=1S/2C22H28N.2C21H28N.C18H20N/c2*1-14-7-8-16(15(2)11-14)20-12-17-18-9-10-22(5,21(18,3)4)19(17)13-23(20)6;1-14-8-9-16(15(2)10-14)19-11-17-18(12-22(19)7)21(5,6)13-20(17,3)4;1-14-8-9-16(15(2)12-14)19-18-17(10-11-22(19)7)20(3,4)13-21(18,5)6;1-12-5-3-4-6-15(12)18-17-14-8-7-13(11-14)16(17)9-10-19(18)2/h2*7-8,11-13,18H,9-10H2,1-6H3;2*8-12H,13H2,1-7H3;3-6,9-10,13-14H,7-8,11H2,1-2H3/q5*+1/i1D3,18D;;;;. The molecule has 3 saturated carbocycles. The highest BCUT2D eigenvalue weighted by atomic mass is 15.0. The molecule has 0 radical (unpaired) electrons. The molecule has 8 aliphatic rings.